The number of anilines is 2. The molecule has 1 N–H and O–H groups in total. The summed E-state index contributed by atoms with van der Waals surface area (Å²) in [6.07, 6.45) is 8.49. The zero-order valence-corrected chi connectivity index (χ0v) is 16.2. The predicted molar refractivity (Wildman–Crippen MR) is 109 cm³/mol. The van der Waals surface area contributed by atoms with Crippen molar-refractivity contribution in [2.24, 2.45) is 5.92 Å². The molecule has 144 valence electrons. The molecule has 1 aromatic carbocycles. The van der Waals surface area contributed by atoms with E-state index in [1.54, 1.807) is 18.9 Å². The number of imidazole rings is 1. The highest BCUT2D eigenvalue weighted by Gasteiger charge is 2.26. The van der Waals surface area contributed by atoms with Crippen LogP contribution in [-0.4, -0.2) is 38.5 Å². The first-order valence-electron chi connectivity index (χ1n) is 9.54. The van der Waals surface area contributed by atoms with Gasteiger partial charge in [0.2, 0.25) is 5.91 Å². The van der Waals surface area contributed by atoms with Gasteiger partial charge in [0.25, 0.3) is 0 Å². The van der Waals surface area contributed by atoms with Crippen LogP contribution < -0.4 is 10.2 Å². The van der Waals surface area contributed by atoms with Gasteiger partial charge in [0.05, 0.1) is 0 Å². The first-order chi connectivity index (χ1) is 13.6. The summed E-state index contributed by atoms with van der Waals surface area (Å²) in [5.74, 6) is 1.80. The molecule has 4 rings (SSSR count). The second-order valence-corrected chi connectivity index (χ2v) is 7.22. The number of para-hydroxylation sites is 1. The van der Waals surface area contributed by atoms with Gasteiger partial charge in [-0.1, -0.05) is 18.2 Å². The second-order valence-electron chi connectivity index (χ2n) is 7.22. The normalized spacial score (nSPS) is 14.9. The fourth-order valence-electron chi connectivity index (χ4n) is 3.65. The number of nitrogens with one attached hydrogen (secondary N) is 1. The smallest absolute Gasteiger partial charge is 0.227 e. The molecule has 3 heterocycles. The average molecular weight is 376 g/mol. The summed E-state index contributed by atoms with van der Waals surface area (Å²) >= 11 is 0. The van der Waals surface area contributed by atoms with Crippen molar-refractivity contribution >= 4 is 17.4 Å². The van der Waals surface area contributed by atoms with Crippen LogP contribution in [0.5, 0.6) is 0 Å². The Morgan fingerprint density at radius 1 is 1.11 bits per heavy atom. The lowest BCUT2D eigenvalue weighted by Gasteiger charge is -2.32. The highest BCUT2D eigenvalue weighted by atomic mass is 16.1. The van der Waals surface area contributed by atoms with Gasteiger partial charge < -0.3 is 10.2 Å². The van der Waals surface area contributed by atoms with Crippen LogP contribution in [0.25, 0.3) is 5.82 Å². The van der Waals surface area contributed by atoms with Crippen LogP contribution in [0.4, 0.5) is 11.5 Å². The van der Waals surface area contributed by atoms with E-state index >= 15 is 0 Å². The molecule has 7 nitrogen and oxygen atoms in total. The minimum atomic E-state index is 0.0187. The number of carbonyl (C=O) groups excluding carboxylic acids is 1. The molecule has 1 fully saturated rings. The van der Waals surface area contributed by atoms with Crippen LogP contribution in [0.15, 0.2) is 49.3 Å². The summed E-state index contributed by atoms with van der Waals surface area (Å²) in [4.78, 5) is 27.8. The molecule has 0 spiro atoms. The minimum Gasteiger partial charge on any atom is -0.356 e. The largest absolute Gasteiger partial charge is 0.356 e. The number of hydrogen-bond acceptors (Lipinski definition) is 5. The molecule has 0 unspecified atom stereocenters. The molecule has 1 aliphatic heterocycles. The maximum atomic E-state index is 12.8. The molecule has 1 aliphatic rings. The Morgan fingerprint density at radius 2 is 1.82 bits per heavy atom. The van der Waals surface area contributed by atoms with Crippen molar-refractivity contribution in [1.29, 1.82) is 0 Å². The maximum Gasteiger partial charge on any atom is 0.227 e. The number of hydrogen-bond donors (Lipinski definition) is 1. The molecule has 0 bridgehead atoms. The molecule has 28 heavy (non-hydrogen) atoms. The Hall–Kier alpha value is -3.22. The molecule has 0 atom stereocenters. The summed E-state index contributed by atoms with van der Waals surface area (Å²) in [5, 5.41) is 3.14. The van der Waals surface area contributed by atoms with Crippen LogP contribution in [0.2, 0.25) is 0 Å². The quantitative estimate of drug-likeness (QED) is 0.757. The van der Waals surface area contributed by atoms with Gasteiger partial charge in [-0.3, -0.25) is 9.36 Å². The number of amides is 1. The zero-order valence-electron chi connectivity index (χ0n) is 16.2. The van der Waals surface area contributed by atoms with Gasteiger partial charge in [0.15, 0.2) is 0 Å². The van der Waals surface area contributed by atoms with Crippen LogP contribution in [0.3, 0.4) is 0 Å². The molecular formula is C21H24N6O. The van der Waals surface area contributed by atoms with E-state index in [1.165, 1.54) is 0 Å². The van der Waals surface area contributed by atoms with Crippen molar-refractivity contribution in [3.63, 3.8) is 0 Å². The summed E-state index contributed by atoms with van der Waals surface area (Å²) < 4.78 is 1.86. The number of aryl methyl sites for hydroxylation is 2. The van der Waals surface area contributed by atoms with Crippen molar-refractivity contribution in [2.45, 2.75) is 26.7 Å². The Bertz CT molecular complexity index is 941. The van der Waals surface area contributed by atoms with Crippen molar-refractivity contribution in [1.82, 2.24) is 19.5 Å². The number of rotatable bonds is 4. The molecule has 0 aliphatic carbocycles. The van der Waals surface area contributed by atoms with Crippen molar-refractivity contribution in [2.75, 3.05) is 23.3 Å². The van der Waals surface area contributed by atoms with Gasteiger partial charge in [-0.15, -0.1) is 0 Å². The van der Waals surface area contributed by atoms with E-state index in [1.807, 2.05) is 48.9 Å². The first kappa shape index (κ1) is 18.2. The summed E-state index contributed by atoms with van der Waals surface area (Å²) in [5.41, 5.74) is 3.13. The maximum absolute atomic E-state index is 12.8. The lowest BCUT2D eigenvalue weighted by atomic mass is 9.95. The third kappa shape index (κ3) is 3.74. The Kier molecular flexibility index (Phi) is 5.06. The molecule has 7 heteroatoms. The molecule has 1 amide bonds. The Morgan fingerprint density at radius 3 is 2.50 bits per heavy atom. The fourth-order valence-corrected chi connectivity index (χ4v) is 3.65. The number of benzene rings is 1. The van der Waals surface area contributed by atoms with Crippen LogP contribution in [0.1, 0.15) is 24.0 Å². The predicted octanol–water partition coefficient (Wildman–Crippen LogP) is 3.13. The van der Waals surface area contributed by atoms with Crippen LogP contribution >= 0.6 is 0 Å². The van der Waals surface area contributed by atoms with Gasteiger partial charge in [-0.25, -0.2) is 15.0 Å². The van der Waals surface area contributed by atoms with Gasteiger partial charge >= 0.3 is 0 Å². The topological polar surface area (TPSA) is 75.9 Å². The van der Waals surface area contributed by atoms with E-state index in [0.29, 0.717) is 0 Å². The number of piperidine rings is 1. The zero-order chi connectivity index (χ0) is 19.5. The van der Waals surface area contributed by atoms with E-state index in [9.17, 15) is 4.79 Å². The number of nitrogens with zero attached hydrogens (tertiary/aromatic N) is 5. The standard InChI is InChI=1S/C21H24N6O/c1-15-4-3-5-16(2)20(15)25-21(28)17-6-9-26(10-7-17)18-12-19(24-13-23-18)27-11-8-22-14-27/h3-5,8,11-14,17H,6-7,9-10H2,1-2H3,(H,25,28). The van der Waals surface area contributed by atoms with Gasteiger partial charge in [-0.2, -0.15) is 0 Å². The summed E-state index contributed by atoms with van der Waals surface area (Å²) in [6.45, 7) is 5.65. The van der Waals surface area contributed by atoms with Crippen molar-refractivity contribution < 1.29 is 4.79 Å². The highest BCUT2D eigenvalue weighted by Crippen LogP contribution is 2.26. The molecule has 1 saturated heterocycles. The Labute approximate surface area is 164 Å². The monoisotopic (exact) mass is 376 g/mol. The lowest BCUT2D eigenvalue weighted by molar-refractivity contribution is -0.120. The van der Waals surface area contributed by atoms with Crippen molar-refractivity contribution in [3.8, 4) is 5.82 Å². The minimum absolute atomic E-state index is 0.0187. The van der Waals surface area contributed by atoms with Gasteiger partial charge in [-0.05, 0) is 37.8 Å². The van der Waals surface area contributed by atoms with E-state index in [-0.39, 0.29) is 11.8 Å². The summed E-state index contributed by atoms with van der Waals surface area (Å²) in [6, 6.07) is 8.02. The van der Waals surface area contributed by atoms with E-state index < -0.39 is 0 Å². The number of carbonyl (C=O) groups is 1. The fraction of sp³-hybridized carbons (Fsp3) is 0.333. The van der Waals surface area contributed by atoms with Gasteiger partial charge in [0.1, 0.15) is 24.3 Å². The molecular weight excluding hydrogens is 352 g/mol. The van der Waals surface area contributed by atoms with Crippen molar-refractivity contribution in [3.05, 3.63) is 60.4 Å². The van der Waals surface area contributed by atoms with E-state index in [2.05, 4.69) is 25.2 Å². The van der Waals surface area contributed by atoms with Gasteiger partial charge in [0, 0.05) is 43.2 Å². The number of aromatic nitrogens is 4. The molecule has 2 aromatic heterocycles. The molecule has 0 saturated carbocycles. The molecule has 0 radical (unpaired) electrons. The second kappa shape index (κ2) is 7.80. The Balaban J connectivity index is 1.40. The first-order valence-corrected chi connectivity index (χ1v) is 9.54. The highest BCUT2D eigenvalue weighted by molar-refractivity contribution is 5.94. The lowest BCUT2D eigenvalue weighted by Crippen LogP contribution is -2.38. The average Bonchev–Trinajstić information content (AvgIpc) is 3.26. The molecule has 3 aromatic rings. The van der Waals surface area contributed by atoms with E-state index in [0.717, 1.165) is 54.4 Å². The van der Waals surface area contributed by atoms with Crippen LogP contribution in [0, 0.1) is 19.8 Å². The van der Waals surface area contributed by atoms with E-state index in [4.69, 9.17) is 0 Å². The third-order valence-corrected chi connectivity index (χ3v) is 5.33. The SMILES string of the molecule is Cc1cccc(C)c1NC(=O)C1CCN(c2cc(-n3ccnc3)ncn2)CC1. The van der Waals surface area contributed by atoms with Crippen LogP contribution in [-0.2, 0) is 4.79 Å². The summed E-state index contributed by atoms with van der Waals surface area (Å²) in [7, 11) is 0. The third-order valence-electron chi connectivity index (χ3n) is 5.33.